The van der Waals surface area contributed by atoms with Gasteiger partial charge in [0, 0.05) is 11.7 Å². The highest BCUT2D eigenvalue weighted by Gasteiger charge is 2.01. The lowest BCUT2D eigenvalue weighted by Crippen LogP contribution is -1.88. The number of nitrogens with zero attached hydrogens (tertiary/aromatic N) is 1. The van der Waals surface area contributed by atoms with Crippen LogP contribution in [0.4, 0.5) is 0 Å². The zero-order valence-corrected chi connectivity index (χ0v) is 8.07. The molecule has 0 aliphatic heterocycles. The minimum atomic E-state index is 1.28. The monoisotopic (exact) mass is 181 g/mol. The zero-order valence-electron chi connectivity index (χ0n) is 8.07. The molecular formula is C13H11N. The average molecular weight is 181 g/mol. The van der Waals surface area contributed by atoms with Crippen LogP contribution < -0.4 is 0 Å². The summed E-state index contributed by atoms with van der Waals surface area (Å²) in [5, 5.41) is 1.30. The molecule has 0 radical (unpaired) electrons. The van der Waals surface area contributed by atoms with Crippen LogP contribution in [-0.4, -0.2) is 4.40 Å². The summed E-state index contributed by atoms with van der Waals surface area (Å²) in [5.41, 5.74) is 3.90. The number of fused-ring (bicyclic) bond motifs is 3. The van der Waals surface area contributed by atoms with Gasteiger partial charge in [0.15, 0.2) is 0 Å². The first-order valence-corrected chi connectivity index (χ1v) is 4.82. The Labute approximate surface area is 82.6 Å². The fourth-order valence-corrected chi connectivity index (χ4v) is 2.05. The van der Waals surface area contributed by atoms with E-state index >= 15 is 0 Å². The Morgan fingerprint density at radius 2 is 1.71 bits per heavy atom. The van der Waals surface area contributed by atoms with Crippen LogP contribution in [0.2, 0.25) is 0 Å². The summed E-state index contributed by atoms with van der Waals surface area (Å²) in [6.45, 7) is 2.15. The molecule has 1 nitrogen and oxygen atoms in total. The highest BCUT2D eigenvalue weighted by Crippen LogP contribution is 2.20. The predicted octanol–water partition coefficient (Wildman–Crippen LogP) is 3.40. The van der Waals surface area contributed by atoms with Crippen molar-refractivity contribution in [1.29, 1.82) is 0 Å². The Morgan fingerprint density at radius 1 is 0.929 bits per heavy atom. The lowest BCUT2D eigenvalue weighted by atomic mass is 10.1. The maximum Gasteiger partial charge on any atom is 0.0528 e. The van der Waals surface area contributed by atoms with Crippen molar-refractivity contribution in [2.75, 3.05) is 0 Å². The van der Waals surface area contributed by atoms with Crippen molar-refractivity contribution in [3.05, 3.63) is 54.2 Å². The summed E-state index contributed by atoms with van der Waals surface area (Å²) < 4.78 is 2.24. The van der Waals surface area contributed by atoms with Gasteiger partial charge in [-0.3, -0.25) is 0 Å². The summed E-state index contributed by atoms with van der Waals surface area (Å²) in [6, 6.07) is 15.0. The topological polar surface area (TPSA) is 4.41 Å². The first kappa shape index (κ1) is 7.63. The van der Waals surface area contributed by atoms with Crippen LogP contribution in [0.25, 0.3) is 16.4 Å². The van der Waals surface area contributed by atoms with Gasteiger partial charge in [-0.25, -0.2) is 0 Å². The van der Waals surface area contributed by atoms with E-state index in [0.717, 1.165) is 0 Å². The van der Waals surface area contributed by atoms with Crippen LogP contribution in [0.1, 0.15) is 5.56 Å². The van der Waals surface area contributed by atoms with Crippen molar-refractivity contribution in [2.45, 2.75) is 6.92 Å². The van der Waals surface area contributed by atoms with Crippen LogP contribution in [0.5, 0.6) is 0 Å². The third-order valence-electron chi connectivity index (χ3n) is 2.72. The Morgan fingerprint density at radius 3 is 2.64 bits per heavy atom. The largest absolute Gasteiger partial charge is 0.316 e. The van der Waals surface area contributed by atoms with Crippen molar-refractivity contribution >= 4 is 16.4 Å². The first-order valence-electron chi connectivity index (χ1n) is 4.82. The number of aryl methyl sites for hydroxylation is 1. The number of hydrogen-bond donors (Lipinski definition) is 0. The molecule has 1 aromatic carbocycles. The zero-order chi connectivity index (χ0) is 9.54. The fraction of sp³-hybridized carbons (Fsp3) is 0.0769. The van der Waals surface area contributed by atoms with E-state index in [1.165, 1.54) is 22.0 Å². The van der Waals surface area contributed by atoms with E-state index < -0.39 is 0 Å². The van der Waals surface area contributed by atoms with Crippen LogP contribution >= 0.6 is 0 Å². The molecule has 68 valence electrons. The van der Waals surface area contributed by atoms with Gasteiger partial charge in [-0.1, -0.05) is 18.2 Å². The lowest BCUT2D eigenvalue weighted by molar-refractivity contribution is 1.25. The second-order valence-corrected chi connectivity index (χ2v) is 3.65. The Balaban J connectivity index is 2.66. The molecule has 0 N–H and O–H groups in total. The normalized spacial score (nSPS) is 11.2. The molecule has 2 heterocycles. The van der Waals surface area contributed by atoms with Gasteiger partial charge in [-0.15, -0.1) is 0 Å². The van der Waals surface area contributed by atoms with E-state index in [1.807, 2.05) is 0 Å². The molecular weight excluding hydrogens is 170 g/mol. The molecule has 0 unspecified atom stereocenters. The minimum Gasteiger partial charge on any atom is -0.316 e. The van der Waals surface area contributed by atoms with Crippen LogP contribution in [-0.2, 0) is 0 Å². The average Bonchev–Trinajstić information content (AvgIpc) is 2.67. The van der Waals surface area contributed by atoms with Crippen molar-refractivity contribution in [3.8, 4) is 0 Å². The Hall–Kier alpha value is -1.76. The maximum atomic E-state index is 2.24. The van der Waals surface area contributed by atoms with Gasteiger partial charge in [-0.05, 0) is 42.1 Å². The predicted molar refractivity (Wildman–Crippen MR) is 59.6 cm³/mol. The highest BCUT2D eigenvalue weighted by atomic mass is 14.9. The van der Waals surface area contributed by atoms with Crippen LogP contribution in [0.3, 0.4) is 0 Å². The van der Waals surface area contributed by atoms with Gasteiger partial charge in [0.1, 0.15) is 0 Å². The van der Waals surface area contributed by atoms with Crippen molar-refractivity contribution in [3.63, 3.8) is 0 Å². The smallest absolute Gasteiger partial charge is 0.0528 e. The van der Waals surface area contributed by atoms with Crippen LogP contribution in [0.15, 0.2) is 48.7 Å². The summed E-state index contributed by atoms with van der Waals surface area (Å²) in [6.07, 6.45) is 2.12. The first-order chi connectivity index (χ1) is 6.86. The molecule has 0 aliphatic carbocycles. The van der Waals surface area contributed by atoms with E-state index in [-0.39, 0.29) is 0 Å². The quantitative estimate of drug-likeness (QED) is 0.500. The minimum absolute atomic E-state index is 1.28. The molecule has 3 rings (SSSR count). The van der Waals surface area contributed by atoms with E-state index in [2.05, 4.69) is 60.0 Å². The molecule has 1 heteroatoms. The third-order valence-corrected chi connectivity index (χ3v) is 2.72. The third kappa shape index (κ3) is 0.896. The standard InChI is InChI=1S/C13H11N/c1-10-9-11-5-2-3-6-13(11)14-8-4-7-12(10)14/h2-9H,1H3. The van der Waals surface area contributed by atoms with E-state index in [1.54, 1.807) is 0 Å². The van der Waals surface area contributed by atoms with Crippen molar-refractivity contribution < 1.29 is 0 Å². The van der Waals surface area contributed by atoms with Crippen molar-refractivity contribution in [2.24, 2.45) is 0 Å². The molecule has 0 fully saturated rings. The molecule has 0 bridgehead atoms. The van der Waals surface area contributed by atoms with Gasteiger partial charge in [0.25, 0.3) is 0 Å². The van der Waals surface area contributed by atoms with Crippen molar-refractivity contribution in [1.82, 2.24) is 4.40 Å². The number of rotatable bonds is 0. The Kier molecular flexibility index (Phi) is 1.42. The number of aromatic nitrogens is 1. The summed E-state index contributed by atoms with van der Waals surface area (Å²) in [7, 11) is 0. The van der Waals surface area contributed by atoms with E-state index in [4.69, 9.17) is 0 Å². The second kappa shape index (κ2) is 2.61. The number of benzene rings is 1. The maximum absolute atomic E-state index is 2.24. The van der Waals surface area contributed by atoms with E-state index in [0.29, 0.717) is 0 Å². The highest BCUT2D eigenvalue weighted by molar-refractivity contribution is 5.84. The van der Waals surface area contributed by atoms with Gasteiger partial charge < -0.3 is 4.40 Å². The van der Waals surface area contributed by atoms with Gasteiger partial charge in [-0.2, -0.15) is 0 Å². The second-order valence-electron chi connectivity index (χ2n) is 3.65. The summed E-state index contributed by atoms with van der Waals surface area (Å²) in [5.74, 6) is 0. The molecule has 0 spiro atoms. The summed E-state index contributed by atoms with van der Waals surface area (Å²) in [4.78, 5) is 0. The molecule has 0 aliphatic rings. The SMILES string of the molecule is Cc1cc2ccccc2n2cccc12. The fourth-order valence-electron chi connectivity index (χ4n) is 2.05. The molecule has 0 atom stereocenters. The summed E-state index contributed by atoms with van der Waals surface area (Å²) >= 11 is 0. The molecule has 0 saturated carbocycles. The Bertz CT molecular complexity index is 605. The molecule has 0 amide bonds. The molecule has 3 aromatic rings. The molecule has 2 aromatic heterocycles. The van der Waals surface area contributed by atoms with Gasteiger partial charge in [0.05, 0.1) is 5.52 Å². The van der Waals surface area contributed by atoms with Gasteiger partial charge >= 0.3 is 0 Å². The lowest BCUT2D eigenvalue weighted by Gasteiger charge is -2.05. The number of pyridine rings is 1. The number of para-hydroxylation sites is 1. The van der Waals surface area contributed by atoms with Gasteiger partial charge in [0.2, 0.25) is 0 Å². The number of hydrogen-bond acceptors (Lipinski definition) is 0. The van der Waals surface area contributed by atoms with Crippen LogP contribution in [0, 0.1) is 6.92 Å². The molecule has 14 heavy (non-hydrogen) atoms. The molecule has 0 saturated heterocycles. The van der Waals surface area contributed by atoms with E-state index in [9.17, 15) is 0 Å².